The highest BCUT2D eigenvalue weighted by Crippen LogP contribution is 2.68. The average molecular weight is 533 g/mol. The van der Waals surface area contributed by atoms with Crippen molar-refractivity contribution in [3.05, 3.63) is 58.8 Å². The predicted molar refractivity (Wildman–Crippen MR) is 146 cm³/mol. The number of fused-ring (bicyclic) bond motifs is 5. The number of hydrogen-bond donors (Lipinski definition) is 1. The third kappa shape index (κ3) is 4.20. The molecule has 206 valence electrons. The van der Waals surface area contributed by atoms with E-state index in [0.717, 1.165) is 63.1 Å². The van der Waals surface area contributed by atoms with E-state index in [-0.39, 0.29) is 34.3 Å². The highest BCUT2D eigenvalue weighted by atomic mass is 19.1. The van der Waals surface area contributed by atoms with E-state index in [1.54, 1.807) is 0 Å². The van der Waals surface area contributed by atoms with Crippen LogP contribution < -0.4 is 4.74 Å². The van der Waals surface area contributed by atoms with Gasteiger partial charge in [0.15, 0.2) is 0 Å². The average Bonchev–Trinajstić information content (AvgIpc) is 3.25. The Morgan fingerprint density at radius 3 is 2.54 bits per heavy atom. The Balaban J connectivity index is 1.39. The van der Waals surface area contributed by atoms with Gasteiger partial charge in [0.05, 0.1) is 12.7 Å². The van der Waals surface area contributed by atoms with E-state index in [1.165, 1.54) is 17.7 Å². The fraction of sp³-hybridized carbons (Fsp3) is 0.576. The van der Waals surface area contributed by atoms with Gasteiger partial charge in [-0.3, -0.25) is 0 Å². The number of rotatable bonds is 4. The zero-order chi connectivity index (χ0) is 27.5. The van der Waals surface area contributed by atoms with Crippen LogP contribution in [0.2, 0.25) is 0 Å². The number of allylic oxidation sites excluding steroid dienone is 1. The van der Waals surface area contributed by atoms with Crippen molar-refractivity contribution >= 4 is 0 Å². The summed E-state index contributed by atoms with van der Waals surface area (Å²) in [7, 11) is 0. The Kier molecular flexibility index (Phi) is 6.57. The van der Waals surface area contributed by atoms with Crippen molar-refractivity contribution in [3.63, 3.8) is 0 Å². The van der Waals surface area contributed by atoms with E-state index < -0.39 is 11.6 Å². The van der Waals surface area contributed by atoms with Gasteiger partial charge in [-0.2, -0.15) is 5.26 Å². The van der Waals surface area contributed by atoms with Gasteiger partial charge in [-0.05, 0) is 111 Å². The number of benzene rings is 1. The number of halogens is 2. The number of hydrogen-bond acceptors (Lipinski definition) is 4. The zero-order valence-electron chi connectivity index (χ0n) is 23.1. The lowest BCUT2D eigenvalue weighted by Crippen LogP contribution is -2.50. The van der Waals surface area contributed by atoms with Gasteiger partial charge in [0.25, 0.3) is 0 Å². The highest BCUT2D eigenvalue weighted by Gasteiger charge is 2.59. The second kappa shape index (κ2) is 9.70. The lowest BCUT2D eigenvalue weighted by Gasteiger charge is -2.58. The summed E-state index contributed by atoms with van der Waals surface area (Å²) < 4.78 is 34.3. The maximum absolute atomic E-state index is 14.2. The molecule has 0 bridgehead atoms. The van der Waals surface area contributed by atoms with E-state index in [1.807, 2.05) is 13.0 Å². The van der Waals surface area contributed by atoms with Crippen LogP contribution >= 0.6 is 0 Å². The third-order valence-electron chi connectivity index (χ3n) is 11.0. The second-order valence-electron chi connectivity index (χ2n) is 12.8. The molecule has 1 N–H and O–H groups in total. The van der Waals surface area contributed by atoms with Crippen LogP contribution in [0.4, 0.5) is 8.78 Å². The molecule has 6 heteroatoms. The maximum Gasteiger partial charge on any atom is 0.232 e. The van der Waals surface area contributed by atoms with Crippen LogP contribution in [0.25, 0.3) is 11.1 Å². The number of pyridine rings is 1. The van der Waals surface area contributed by atoms with Crippen LogP contribution in [0, 0.1) is 51.5 Å². The molecule has 0 radical (unpaired) electrons. The standard InChI is InChI=1S/C33H38F2N2O2/c1-4-39-31-26(18-36)25(19-13-21(34)16-22(35)14-19)17-30(37-31)29-8-7-27-24-6-5-20-15-23(38)9-11-32(20,2)28(24)10-12-33(27,29)3/h5,13-14,16-17,23-24,27-29,38H,4,6-12,15H2,1-3H3/t23-,24-,27-,28-,29+,32-,33-/m0/s1. The van der Waals surface area contributed by atoms with Gasteiger partial charge in [0, 0.05) is 23.2 Å². The van der Waals surface area contributed by atoms with Gasteiger partial charge < -0.3 is 9.84 Å². The Hall–Kier alpha value is -2.78. The summed E-state index contributed by atoms with van der Waals surface area (Å²) in [6.07, 6.45) is 10.5. The fourth-order valence-electron chi connectivity index (χ4n) is 9.13. The fourth-order valence-corrected chi connectivity index (χ4v) is 9.13. The molecule has 4 aliphatic rings. The molecule has 0 unspecified atom stereocenters. The Morgan fingerprint density at radius 2 is 1.82 bits per heavy atom. The first-order valence-electron chi connectivity index (χ1n) is 14.6. The van der Waals surface area contributed by atoms with Crippen molar-refractivity contribution in [2.24, 2.45) is 28.6 Å². The van der Waals surface area contributed by atoms with Gasteiger partial charge in [0.1, 0.15) is 23.3 Å². The van der Waals surface area contributed by atoms with Crippen LogP contribution in [0.15, 0.2) is 35.9 Å². The number of aliphatic hydroxyl groups is 1. The minimum absolute atomic E-state index is 0.0478. The van der Waals surface area contributed by atoms with Gasteiger partial charge >= 0.3 is 0 Å². The first-order valence-corrected chi connectivity index (χ1v) is 14.6. The summed E-state index contributed by atoms with van der Waals surface area (Å²) >= 11 is 0. The molecule has 3 saturated carbocycles. The Morgan fingerprint density at radius 1 is 1.05 bits per heavy atom. The number of nitriles is 1. The second-order valence-corrected chi connectivity index (χ2v) is 12.8. The molecule has 6 rings (SSSR count). The molecule has 0 aliphatic heterocycles. The largest absolute Gasteiger partial charge is 0.477 e. The Bertz CT molecular complexity index is 1350. The summed E-state index contributed by atoms with van der Waals surface area (Å²) in [4.78, 5) is 4.90. The van der Waals surface area contributed by atoms with Crippen LogP contribution in [0.1, 0.15) is 89.3 Å². The molecule has 0 amide bonds. The van der Waals surface area contributed by atoms with E-state index in [0.29, 0.717) is 35.5 Å². The topological polar surface area (TPSA) is 66.1 Å². The monoisotopic (exact) mass is 532 g/mol. The smallest absolute Gasteiger partial charge is 0.232 e. The molecule has 3 fully saturated rings. The van der Waals surface area contributed by atoms with Gasteiger partial charge in [0.2, 0.25) is 5.88 Å². The molecular weight excluding hydrogens is 494 g/mol. The molecule has 4 nitrogen and oxygen atoms in total. The number of aliphatic hydroxyl groups excluding tert-OH is 1. The van der Waals surface area contributed by atoms with E-state index in [2.05, 4.69) is 26.0 Å². The summed E-state index contributed by atoms with van der Waals surface area (Å²) in [6.45, 7) is 7.05. The lowest BCUT2D eigenvalue weighted by molar-refractivity contribution is -0.0412. The van der Waals surface area contributed by atoms with Crippen LogP contribution in [0.3, 0.4) is 0 Å². The maximum atomic E-state index is 14.2. The van der Waals surface area contributed by atoms with E-state index in [4.69, 9.17) is 9.72 Å². The molecule has 1 heterocycles. The highest BCUT2D eigenvalue weighted by molar-refractivity contribution is 5.73. The molecule has 0 spiro atoms. The van der Waals surface area contributed by atoms with Crippen LogP contribution in [0.5, 0.6) is 5.88 Å². The summed E-state index contributed by atoms with van der Waals surface area (Å²) in [5.41, 5.74) is 3.59. The molecule has 39 heavy (non-hydrogen) atoms. The van der Waals surface area contributed by atoms with Crippen molar-refractivity contribution in [2.45, 2.75) is 84.2 Å². The number of aromatic nitrogens is 1. The van der Waals surface area contributed by atoms with Crippen molar-refractivity contribution in [1.29, 1.82) is 5.26 Å². The summed E-state index contributed by atoms with van der Waals surface area (Å²) in [5, 5.41) is 20.3. The minimum Gasteiger partial charge on any atom is -0.477 e. The van der Waals surface area contributed by atoms with Crippen molar-refractivity contribution < 1.29 is 18.6 Å². The van der Waals surface area contributed by atoms with E-state index >= 15 is 0 Å². The molecule has 1 aromatic heterocycles. The predicted octanol–water partition coefficient (Wildman–Crippen LogP) is 7.70. The Labute approximate surface area is 230 Å². The first-order chi connectivity index (χ1) is 18.7. The summed E-state index contributed by atoms with van der Waals surface area (Å²) in [6, 6.07) is 7.47. The minimum atomic E-state index is -0.676. The van der Waals surface area contributed by atoms with Crippen LogP contribution in [-0.4, -0.2) is 22.8 Å². The lowest BCUT2D eigenvalue weighted by atomic mass is 9.47. The van der Waals surface area contributed by atoms with Crippen molar-refractivity contribution in [2.75, 3.05) is 6.61 Å². The summed E-state index contributed by atoms with van der Waals surface area (Å²) in [5.74, 6) is 0.885. The quantitative estimate of drug-likeness (QED) is 0.410. The van der Waals surface area contributed by atoms with Gasteiger partial charge in [-0.25, -0.2) is 13.8 Å². The van der Waals surface area contributed by atoms with Crippen LogP contribution in [-0.2, 0) is 0 Å². The number of ether oxygens (including phenoxy) is 1. The molecule has 7 atom stereocenters. The molecule has 0 saturated heterocycles. The first kappa shape index (κ1) is 26.4. The third-order valence-corrected chi connectivity index (χ3v) is 11.0. The zero-order valence-corrected chi connectivity index (χ0v) is 23.1. The molecular formula is C33H38F2N2O2. The van der Waals surface area contributed by atoms with Gasteiger partial charge in [-0.1, -0.05) is 25.5 Å². The normalized spacial score (nSPS) is 35.3. The molecule has 4 aliphatic carbocycles. The number of nitrogens with zero attached hydrogens (tertiary/aromatic N) is 2. The van der Waals surface area contributed by atoms with Gasteiger partial charge in [-0.15, -0.1) is 0 Å². The van der Waals surface area contributed by atoms with E-state index in [9.17, 15) is 19.1 Å². The van der Waals surface area contributed by atoms with Crippen molar-refractivity contribution in [1.82, 2.24) is 4.98 Å². The molecule has 1 aromatic carbocycles. The van der Waals surface area contributed by atoms with Crippen molar-refractivity contribution in [3.8, 4) is 23.1 Å². The molecule has 2 aromatic rings. The SMILES string of the molecule is CCOc1nc([C@H]2CC[C@H]3[C@@H]4CC=C5C[C@@H](O)CC[C@]5(C)[C@H]4CC[C@]23C)cc(-c2cc(F)cc(F)c2)c1C#N.